The molecule has 6 heteroatoms. The van der Waals surface area contributed by atoms with Gasteiger partial charge in [-0.1, -0.05) is 12.1 Å². The molecule has 110 valence electrons. The lowest BCUT2D eigenvalue weighted by Crippen LogP contribution is -1.98. The maximum absolute atomic E-state index is 10.6. The summed E-state index contributed by atoms with van der Waals surface area (Å²) in [5.74, 6) is -0.385. The molecule has 1 aromatic carbocycles. The molecule has 5 nitrogen and oxygen atoms in total. The minimum Gasteiger partial charge on any atom is -0.487 e. The summed E-state index contributed by atoms with van der Waals surface area (Å²) in [7, 11) is 0. The number of rotatable bonds is 6. The molecule has 0 bridgehead atoms. The number of ether oxygens (including phenoxy) is 1. The molecule has 0 saturated heterocycles. The SMILES string of the molecule is CCn1cc(COc2c(Br)cccc2C=CC(=O)O)cn1. The number of hydrogen-bond donors (Lipinski definition) is 1. The van der Waals surface area contributed by atoms with Gasteiger partial charge in [-0.2, -0.15) is 5.10 Å². The van der Waals surface area contributed by atoms with Crippen LogP contribution in [0.3, 0.4) is 0 Å². The molecule has 0 saturated carbocycles. The first-order valence-corrected chi connectivity index (χ1v) is 7.23. The molecule has 0 amide bonds. The van der Waals surface area contributed by atoms with Crippen LogP contribution < -0.4 is 4.74 Å². The summed E-state index contributed by atoms with van der Waals surface area (Å²) in [6, 6.07) is 5.48. The largest absolute Gasteiger partial charge is 0.487 e. The molecular formula is C15H15BrN2O3. The average Bonchev–Trinajstić information content (AvgIpc) is 2.92. The molecule has 0 aliphatic rings. The van der Waals surface area contributed by atoms with E-state index >= 15 is 0 Å². The quantitative estimate of drug-likeness (QED) is 0.811. The fourth-order valence-corrected chi connectivity index (χ4v) is 2.28. The Morgan fingerprint density at radius 1 is 1.52 bits per heavy atom. The third-order valence-corrected chi connectivity index (χ3v) is 3.42. The van der Waals surface area contributed by atoms with Crippen LogP contribution in [0.2, 0.25) is 0 Å². The third-order valence-electron chi connectivity index (χ3n) is 2.80. The van der Waals surface area contributed by atoms with E-state index in [1.165, 1.54) is 6.08 Å². The number of hydrogen-bond acceptors (Lipinski definition) is 3. The number of para-hydroxylation sites is 1. The Labute approximate surface area is 131 Å². The smallest absolute Gasteiger partial charge is 0.328 e. The van der Waals surface area contributed by atoms with Crippen LogP contribution in [0.25, 0.3) is 6.08 Å². The normalized spacial score (nSPS) is 11.0. The van der Waals surface area contributed by atoms with Gasteiger partial charge in [-0.05, 0) is 35.0 Å². The highest BCUT2D eigenvalue weighted by molar-refractivity contribution is 9.10. The fourth-order valence-electron chi connectivity index (χ4n) is 1.78. The number of nitrogens with zero attached hydrogens (tertiary/aromatic N) is 2. The van der Waals surface area contributed by atoms with E-state index in [1.807, 2.05) is 29.9 Å². The molecule has 0 spiro atoms. The number of aryl methyl sites for hydroxylation is 1. The van der Waals surface area contributed by atoms with Crippen molar-refractivity contribution in [1.82, 2.24) is 9.78 Å². The van der Waals surface area contributed by atoms with Crippen molar-refractivity contribution < 1.29 is 14.6 Å². The molecule has 1 heterocycles. The van der Waals surface area contributed by atoms with Gasteiger partial charge in [0.2, 0.25) is 0 Å². The maximum Gasteiger partial charge on any atom is 0.328 e. The standard InChI is InChI=1S/C15H15BrN2O3/c1-2-18-9-11(8-17-18)10-21-15-12(6-7-14(19)20)4-3-5-13(15)16/h3-9H,2,10H2,1H3,(H,19,20). The minimum absolute atomic E-state index is 0.372. The predicted molar refractivity (Wildman–Crippen MR) is 83.0 cm³/mol. The summed E-state index contributed by atoms with van der Waals surface area (Å²) in [4.78, 5) is 10.6. The Morgan fingerprint density at radius 2 is 2.33 bits per heavy atom. The van der Waals surface area contributed by atoms with Crippen LogP contribution in [0.15, 0.2) is 41.1 Å². The molecule has 0 radical (unpaired) electrons. The Morgan fingerprint density at radius 3 is 3.00 bits per heavy atom. The summed E-state index contributed by atoms with van der Waals surface area (Å²) in [5.41, 5.74) is 1.66. The number of benzene rings is 1. The van der Waals surface area contributed by atoms with Gasteiger partial charge in [0.1, 0.15) is 12.4 Å². The summed E-state index contributed by atoms with van der Waals surface area (Å²) in [6.45, 7) is 3.19. The molecule has 0 atom stereocenters. The highest BCUT2D eigenvalue weighted by Crippen LogP contribution is 2.30. The van der Waals surface area contributed by atoms with Gasteiger partial charge in [-0.25, -0.2) is 4.79 Å². The van der Waals surface area contributed by atoms with Crippen molar-refractivity contribution in [1.29, 1.82) is 0 Å². The molecule has 1 aromatic heterocycles. The summed E-state index contributed by atoms with van der Waals surface area (Å²) >= 11 is 3.42. The van der Waals surface area contributed by atoms with E-state index in [0.29, 0.717) is 17.9 Å². The van der Waals surface area contributed by atoms with Crippen molar-refractivity contribution in [3.8, 4) is 5.75 Å². The lowest BCUT2D eigenvalue weighted by molar-refractivity contribution is -0.131. The fraction of sp³-hybridized carbons (Fsp3) is 0.200. The first-order chi connectivity index (χ1) is 10.1. The van der Waals surface area contributed by atoms with Crippen molar-refractivity contribution in [3.05, 3.63) is 52.3 Å². The van der Waals surface area contributed by atoms with Crippen molar-refractivity contribution >= 4 is 28.0 Å². The van der Waals surface area contributed by atoms with Crippen LogP contribution >= 0.6 is 15.9 Å². The van der Waals surface area contributed by atoms with E-state index < -0.39 is 5.97 Å². The lowest BCUT2D eigenvalue weighted by Gasteiger charge is -2.10. The minimum atomic E-state index is -0.995. The number of aromatic nitrogens is 2. The maximum atomic E-state index is 10.6. The van der Waals surface area contributed by atoms with E-state index in [-0.39, 0.29) is 0 Å². The number of carbonyl (C=O) groups is 1. The number of carboxylic acids is 1. The van der Waals surface area contributed by atoms with E-state index in [9.17, 15) is 4.79 Å². The van der Waals surface area contributed by atoms with E-state index in [4.69, 9.17) is 9.84 Å². The van der Waals surface area contributed by atoms with Gasteiger partial charge in [0.05, 0.1) is 10.7 Å². The van der Waals surface area contributed by atoms with Crippen molar-refractivity contribution in [2.75, 3.05) is 0 Å². The van der Waals surface area contributed by atoms with Gasteiger partial charge < -0.3 is 9.84 Å². The van der Waals surface area contributed by atoms with Gasteiger partial charge in [0, 0.05) is 29.9 Å². The zero-order chi connectivity index (χ0) is 15.2. The predicted octanol–water partition coefficient (Wildman–Crippen LogP) is 3.34. The van der Waals surface area contributed by atoms with Crippen molar-refractivity contribution in [2.24, 2.45) is 0 Å². The topological polar surface area (TPSA) is 64.3 Å². The highest BCUT2D eigenvalue weighted by Gasteiger charge is 2.07. The Hall–Kier alpha value is -2.08. The molecule has 2 aromatic rings. The molecular weight excluding hydrogens is 336 g/mol. The molecule has 21 heavy (non-hydrogen) atoms. The lowest BCUT2D eigenvalue weighted by atomic mass is 10.2. The van der Waals surface area contributed by atoms with Crippen molar-refractivity contribution in [3.63, 3.8) is 0 Å². The Balaban J connectivity index is 2.16. The third kappa shape index (κ3) is 4.19. The number of aliphatic carboxylic acids is 1. The van der Waals surface area contributed by atoms with Crippen LogP contribution in [0.1, 0.15) is 18.1 Å². The number of halogens is 1. The van der Waals surface area contributed by atoms with Crippen LogP contribution in [-0.4, -0.2) is 20.9 Å². The molecule has 2 rings (SSSR count). The second kappa shape index (κ2) is 7.08. The first kappa shape index (κ1) is 15.3. The summed E-state index contributed by atoms with van der Waals surface area (Å²) < 4.78 is 8.40. The molecule has 0 aliphatic carbocycles. The Kier molecular flexibility index (Phi) is 5.16. The van der Waals surface area contributed by atoms with E-state index in [2.05, 4.69) is 21.0 Å². The monoisotopic (exact) mass is 350 g/mol. The van der Waals surface area contributed by atoms with Crippen LogP contribution in [0.5, 0.6) is 5.75 Å². The van der Waals surface area contributed by atoms with Crippen molar-refractivity contribution in [2.45, 2.75) is 20.1 Å². The second-order valence-electron chi connectivity index (χ2n) is 4.32. The van der Waals surface area contributed by atoms with Gasteiger partial charge >= 0.3 is 5.97 Å². The second-order valence-corrected chi connectivity index (χ2v) is 5.18. The van der Waals surface area contributed by atoms with Gasteiger partial charge in [-0.15, -0.1) is 0 Å². The van der Waals surface area contributed by atoms with E-state index in [0.717, 1.165) is 22.7 Å². The van der Waals surface area contributed by atoms with Gasteiger partial charge in [0.25, 0.3) is 0 Å². The zero-order valence-corrected chi connectivity index (χ0v) is 13.1. The molecule has 0 aliphatic heterocycles. The average molecular weight is 351 g/mol. The number of carboxylic acid groups (broad SMARTS) is 1. The zero-order valence-electron chi connectivity index (χ0n) is 11.5. The molecule has 1 N–H and O–H groups in total. The first-order valence-electron chi connectivity index (χ1n) is 6.43. The summed E-state index contributed by atoms with van der Waals surface area (Å²) in [5, 5.41) is 12.9. The van der Waals surface area contributed by atoms with Crippen LogP contribution in [0.4, 0.5) is 0 Å². The Bertz CT molecular complexity index is 665. The molecule has 0 fully saturated rings. The van der Waals surface area contributed by atoms with E-state index in [1.54, 1.807) is 12.3 Å². The molecule has 0 unspecified atom stereocenters. The van der Waals surface area contributed by atoms with Crippen LogP contribution in [-0.2, 0) is 17.9 Å². The van der Waals surface area contributed by atoms with Gasteiger partial charge in [-0.3, -0.25) is 4.68 Å². The summed E-state index contributed by atoms with van der Waals surface area (Å²) in [6.07, 6.45) is 6.28. The highest BCUT2D eigenvalue weighted by atomic mass is 79.9. The van der Waals surface area contributed by atoms with Gasteiger partial charge in [0.15, 0.2) is 0 Å². The van der Waals surface area contributed by atoms with Crippen LogP contribution in [0, 0.1) is 0 Å².